The Hall–Kier alpha value is -2.03. The fraction of sp³-hybridized carbons (Fsp3) is 0.389. The molecule has 110 valence electrons. The smallest absolute Gasteiger partial charge is 0.250 e. The van der Waals surface area contributed by atoms with Gasteiger partial charge in [0.05, 0.1) is 11.7 Å². The standard InChI is InChI=1S/C18H22N2O/c1-3-20-12-14(9-11-18(20)21)19-17-10-8-13(2)15-6-4-5-7-16(15)17/h4-7,9,11-13,17,19H,3,8,10H2,1-2H3. The van der Waals surface area contributed by atoms with E-state index in [0.29, 0.717) is 18.5 Å². The van der Waals surface area contributed by atoms with Crippen molar-refractivity contribution >= 4 is 5.69 Å². The van der Waals surface area contributed by atoms with Gasteiger partial charge in [-0.05, 0) is 42.9 Å². The number of rotatable bonds is 3. The third-order valence-corrected chi connectivity index (χ3v) is 4.46. The molecule has 0 radical (unpaired) electrons. The Morgan fingerprint density at radius 1 is 1.14 bits per heavy atom. The Kier molecular flexibility index (Phi) is 3.82. The van der Waals surface area contributed by atoms with Gasteiger partial charge in [0.1, 0.15) is 0 Å². The van der Waals surface area contributed by atoms with Crippen LogP contribution in [0.15, 0.2) is 47.4 Å². The molecule has 1 aliphatic carbocycles. The van der Waals surface area contributed by atoms with Gasteiger partial charge < -0.3 is 9.88 Å². The highest BCUT2D eigenvalue weighted by Crippen LogP contribution is 2.38. The molecule has 3 rings (SSSR count). The maximum absolute atomic E-state index is 11.7. The first-order valence-electron chi connectivity index (χ1n) is 7.75. The molecule has 3 heteroatoms. The van der Waals surface area contributed by atoms with Crippen LogP contribution in [-0.4, -0.2) is 4.57 Å². The number of nitrogens with one attached hydrogen (secondary N) is 1. The van der Waals surface area contributed by atoms with Gasteiger partial charge in [0.2, 0.25) is 0 Å². The second kappa shape index (κ2) is 5.76. The normalized spacial score (nSPS) is 20.9. The third kappa shape index (κ3) is 2.73. The van der Waals surface area contributed by atoms with Crippen LogP contribution < -0.4 is 10.9 Å². The van der Waals surface area contributed by atoms with Gasteiger partial charge in [-0.15, -0.1) is 0 Å². The summed E-state index contributed by atoms with van der Waals surface area (Å²) in [6, 6.07) is 12.5. The topological polar surface area (TPSA) is 34.0 Å². The van der Waals surface area contributed by atoms with Gasteiger partial charge in [-0.1, -0.05) is 31.2 Å². The van der Waals surface area contributed by atoms with Crippen LogP contribution in [-0.2, 0) is 6.54 Å². The number of aryl methyl sites for hydroxylation is 1. The number of aromatic nitrogens is 1. The first-order valence-corrected chi connectivity index (χ1v) is 7.75. The molecule has 1 aromatic heterocycles. The summed E-state index contributed by atoms with van der Waals surface area (Å²) in [6.45, 7) is 4.99. The molecule has 0 fully saturated rings. The van der Waals surface area contributed by atoms with Crippen molar-refractivity contribution < 1.29 is 0 Å². The van der Waals surface area contributed by atoms with Crippen molar-refractivity contribution in [3.63, 3.8) is 0 Å². The third-order valence-electron chi connectivity index (χ3n) is 4.46. The van der Waals surface area contributed by atoms with Crippen LogP contribution in [0, 0.1) is 0 Å². The summed E-state index contributed by atoms with van der Waals surface area (Å²) in [5, 5.41) is 3.60. The predicted octanol–water partition coefficient (Wildman–Crippen LogP) is 3.92. The Morgan fingerprint density at radius 2 is 1.90 bits per heavy atom. The Bertz CT molecular complexity index is 690. The second-order valence-corrected chi connectivity index (χ2v) is 5.85. The van der Waals surface area contributed by atoms with Gasteiger partial charge in [0, 0.05) is 18.8 Å². The molecule has 2 aromatic rings. The van der Waals surface area contributed by atoms with E-state index in [9.17, 15) is 4.79 Å². The van der Waals surface area contributed by atoms with E-state index in [1.54, 1.807) is 10.6 Å². The lowest BCUT2D eigenvalue weighted by Crippen LogP contribution is -2.22. The molecular weight excluding hydrogens is 260 g/mol. The second-order valence-electron chi connectivity index (χ2n) is 5.85. The van der Waals surface area contributed by atoms with E-state index in [1.165, 1.54) is 17.5 Å². The minimum Gasteiger partial charge on any atom is -0.377 e. The van der Waals surface area contributed by atoms with Crippen molar-refractivity contribution in [2.45, 2.75) is 45.2 Å². The lowest BCUT2D eigenvalue weighted by Gasteiger charge is -2.31. The predicted molar refractivity (Wildman–Crippen MR) is 86.8 cm³/mol. The monoisotopic (exact) mass is 282 g/mol. The highest BCUT2D eigenvalue weighted by molar-refractivity contribution is 5.46. The van der Waals surface area contributed by atoms with Crippen LogP contribution in [0.4, 0.5) is 5.69 Å². The molecule has 0 bridgehead atoms. The van der Waals surface area contributed by atoms with E-state index in [-0.39, 0.29) is 5.56 Å². The number of benzene rings is 1. The lowest BCUT2D eigenvalue weighted by atomic mass is 9.81. The molecule has 0 amide bonds. The fourth-order valence-electron chi connectivity index (χ4n) is 3.22. The number of hydrogen-bond donors (Lipinski definition) is 1. The minimum atomic E-state index is 0.0562. The Balaban J connectivity index is 1.89. The molecule has 2 atom stereocenters. The van der Waals surface area contributed by atoms with Gasteiger partial charge >= 0.3 is 0 Å². The van der Waals surface area contributed by atoms with Crippen molar-refractivity contribution in [3.05, 3.63) is 64.1 Å². The van der Waals surface area contributed by atoms with Gasteiger partial charge in [-0.3, -0.25) is 4.79 Å². The molecule has 0 aliphatic heterocycles. The van der Waals surface area contributed by atoms with Gasteiger partial charge in [0.25, 0.3) is 5.56 Å². The van der Waals surface area contributed by atoms with Crippen LogP contribution in [0.2, 0.25) is 0 Å². The Morgan fingerprint density at radius 3 is 2.67 bits per heavy atom. The first kappa shape index (κ1) is 13.9. The number of fused-ring (bicyclic) bond motifs is 1. The van der Waals surface area contributed by atoms with E-state index >= 15 is 0 Å². The summed E-state index contributed by atoms with van der Waals surface area (Å²) in [6.07, 6.45) is 4.24. The SMILES string of the molecule is CCn1cc(NC2CCC(C)c3ccccc32)ccc1=O. The van der Waals surface area contributed by atoms with Crippen molar-refractivity contribution in [3.8, 4) is 0 Å². The average Bonchev–Trinajstić information content (AvgIpc) is 2.52. The fourth-order valence-corrected chi connectivity index (χ4v) is 3.22. The van der Waals surface area contributed by atoms with Crippen molar-refractivity contribution in [2.75, 3.05) is 5.32 Å². The quantitative estimate of drug-likeness (QED) is 0.926. The van der Waals surface area contributed by atoms with E-state index in [0.717, 1.165) is 12.1 Å². The van der Waals surface area contributed by atoms with Crippen LogP contribution in [0.3, 0.4) is 0 Å². The summed E-state index contributed by atoms with van der Waals surface area (Å²) in [7, 11) is 0. The molecule has 1 heterocycles. The number of pyridine rings is 1. The number of hydrogen-bond acceptors (Lipinski definition) is 2. The summed E-state index contributed by atoms with van der Waals surface area (Å²) in [5.74, 6) is 0.629. The summed E-state index contributed by atoms with van der Waals surface area (Å²) >= 11 is 0. The van der Waals surface area contributed by atoms with Crippen molar-refractivity contribution in [1.29, 1.82) is 0 Å². The molecule has 0 saturated heterocycles. The maximum Gasteiger partial charge on any atom is 0.250 e. The molecule has 1 aromatic carbocycles. The highest BCUT2D eigenvalue weighted by atomic mass is 16.1. The minimum absolute atomic E-state index is 0.0562. The largest absolute Gasteiger partial charge is 0.377 e. The zero-order chi connectivity index (χ0) is 14.8. The average molecular weight is 282 g/mol. The van der Waals surface area contributed by atoms with E-state index in [2.05, 4.69) is 36.5 Å². The zero-order valence-corrected chi connectivity index (χ0v) is 12.7. The van der Waals surface area contributed by atoms with Gasteiger partial charge in [-0.25, -0.2) is 0 Å². The molecule has 0 saturated carbocycles. The summed E-state index contributed by atoms with van der Waals surface area (Å²) < 4.78 is 1.74. The molecule has 2 unspecified atom stereocenters. The van der Waals surface area contributed by atoms with Crippen LogP contribution in [0.25, 0.3) is 0 Å². The van der Waals surface area contributed by atoms with Crippen LogP contribution in [0.1, 0.15) is 49.8 Å². The number of anilines is 1. The number of nitrogens with zero attached hydrogens (tertiary/aromatic N) is 1. The van der Waals surface area contributed by atoms with Crippen molar-refractivity contribution in [1.82, 2.24) is 4.57 Å². The molecule has 1 N–H and O–H groups in total. The van der Waals surface area contributed by atoms with E-state index in [1.807, 2.05) is 19.2 Å². The summed E-state index contributed by atoms with van der Waals surface area (Å²) in [4.78, 5) is 11.7. The first-order chi connectivity index (χ1) is 10.2. The Labute approximate surface area is 125 Å². The van der Waals surface area contributed by atoms with E-state index < -0.39 is 0 Å². The molecule has 21 heavy (non-hydrogen) atoms. The molecular formula is C18H22N2O. The summed E-state index contributed by atoms with van der Waals surface area (Å²) in [5.41, 5.74) is 3.92. The maximum atomic E-state index is 11.7. The molecule has 1 aliphatic rings. The highest BCUT2D eigenvalue weighted by Gasteiger charge is 2.24. The zero-order valence-electron chi connectivity index (χ0n) is 12.7. The van der Waals surface area contributed by atoms with Crippen LogP contribution in [0.5, 0.6) is 0 Å². The lowest BCUT2D eigenvalue weighted by molar-refractivity contribution is 0.534. The van der Waals surface area contributed by atoms with Crippen molar-refractivity contribution in [2.24, 2.45) is 0 Å². The van der Waals surface area contributed by atoms with Gasteiger partial charge in [0.15, 0.2) is 0 Å². The molecule has 3 nitrogen and oxygen atoms in total. The molecule has 0 spiro atoms. The van der Waals surface area contributed by atoms with Crippen LogP contribution >= 0.6 is 0 Å². The van der Waals surface area contributed by atoms with E-state index in [4.69, 9.17) is 0 Å². The van der Waals surface area contributed by atoms with Gasteiger partial charge in [-0.2, -0.15) is 0 Å².